The number of likely N-dealkylation sites (tertiary alicyclic amines) is 1. The van der Waals surface area contributed by atoms with Gasteiger partial charge in [-0.2, -0.15) is 0 Å². The summed E-state index contributed by atoms with van der Waals surface area (Å²) in [5.41, 5.74) is 5.86. The molecular formula is C16H20BrN3O2. The molecule has 6 heteroatoms. The fourth-order valence-corrected chi connectivity index (χ4v) is 3.09. The van der Waals surface area contributed by atoms with Crippen molar-refractivity contribution in [2.24, 2.45) is 5.73 Å². The molecule has 0 aromatic heterocycles. The summed E-state index contributed by atoms with van der Waals surface area (Å²) in [5.74, 6) is -0.111. The van der Waals surface area contributed by atoms with Gasteiger partial charge in [-0.05, 0) is 37.5 Å². The topological polar surface area (TPSA) is 75.4 Å². The molecule has 118 valence electrons. The normalized spacial score (nSPS) is 24.2. The van der Waals surface area contributed by atoms with E-state index in [0.717, 1.165) is 22.9 Å². The van der Waals surface area contributed by atoms with Gasteiger partial charge in [0.25, 0.3) is 0 Å². The van der Waals surface area contributed by atoms with Crippen LogP contribution in [0.15, 0.2) is 28.7 Å². The van der Waals surface area contributed by atoms with E-state index < -0.39 is 5.54 Å². The minimum atomic E-state index is -1.11. The molecule has 22 heavy (non-hydrogen) atoms. The first-order valence-electron chi connectivity index (χ1n) is 7.53. The maximum atomic E-state index is 12.5. The Labute approximate surface area is 138 Å². The van der Waals surface area contributed by atoms with Crippen LogP contribution in [0.25, 0.3) is 0 Å². The van der Waals surface area contributed by atoms with Gasteiger partial charge in [-0.3, -0.25) is 9.59 Å². The second-order valence-corrected chi connectivity index (χ2v) is 7.28. The zero-order valence-electron chi connectivity index (χ0n) is 12.5. The maximum Gasteiger partial charge on any atom is 0.244 e. The predicted octanol–water partition coefficient (Wildman–Crippen LogP) is 1.50. The Morgan fingerprint density at radius 2 is 2.00 bits per heavy atom. The van der Waals surface area contributed by atoms with Crippen molar-refractivity contribution < 1.29 is 9.59 Å². The van der Waals surface area contributed by atoms with Crippen molar-refractivity contribution in [3.05, 3.63) is 34.3 Å². The van der Waals surface area contributed by atoms with Crippen molar-refractivity contribution in [3.8, 4) is 0 Å². The van der Waals surface area contributed by atoms with E-state index in [1.54, 1.807) is 6.92 Å². The number of benzene rings is 1. The molecule has 0 bridgehead atoms. The summed E-state index contributed by atoms with van der Waals surface area (Å²) in [6.45, 7) is 2.30. The maximum absolute atomic E-state index is 12.5. The van der Waals surface area contributed by atoms with Crippen LogP contribution in [0.2, 0.25) is 0 Å². The van der Waals surface area contributed by atoms with Crippen LogP contribution in [-0.2, 0) is 15.1 Å². The Morgan fingerprint density at radius 3 is 2.59 bits per heavy atom. The summed E-state index contributed by atoms with van der Waals surface area (Å²) < 4.78 is 0.939. The predicted molar refractivity (Wildman–Crippen MR) is 87.0 cm³/mol. The Kier molecular flexibility index (Phi) is 3.99. The molecule has 2 aliphatic rings. The van der Waals surface area contributed by atoms with Gasteiger partial charge >= 0.3 is 0 Å². The van der Waals surface area contributed by atoms with Crippen molar-refractivity contribution in [2.45, 2.75) is 43.8 Å². The Bertz CT molecular complexity index is 596. The van der Waals surface area contributed by atoms with Gasteiger partial charge in [-0.15, -0.1) is 0 Å². The lowest BCUT2D eigenvalue weighted by Gasteiger charge is -2.26. The monoisotopic (exact) mass is 365 g/mol. The molecule has 0 radical (unpaired) electrons. The molecule has 1 saturated carbocycles. The third-order valence-electron chi connectivity index (χ3n) is 4.40. The molecular weight excluding hydrogens is 346 g/mol. The molecule has 2 unspecified atom stereocenters. The van der Waals surface area contributed by atoms with Gasteiger partial charge in [-0.25, -0.2) is 0 Å². The van der Waals surface area contributed by atoms with Crippen LogP contribution in [0, 0.1) is 0 Å². The van der Waals surface area contributed by atoms with E-state index in [1.807, 2.05) is 29.2 Å². The summed E-state index contributed by atoms with van der Waals surface area (Å²) in [5, 5.41) is 2.94. The Morgan fingerprint density at radius 1 is 1.36 bits per heavy atom. The average molecular weight is 366 g/mol. The standard InChI is InChI=1S/C16H20BrN3O2/c1-16(18,10-2-4-11(17)5-3-10)15(22)19-12-8-14(21)20(9-12)13-6-7-13/h2-5,12-13H,6-9,18H2,1H3,(H,19,22). The van der Waals surface area contributed by atoms with E-state index in [0.29, 0.717) is 19.0 Å². The number of carbonyl (C=O) groups is 2. The van der Waals surface area contributed by atoms with E-state index in [2.05, 4.69) is 21.2 Å². The number of amides is 2. The minimum Gasteiger partial charge on any atom is -0.349 e. The molecule has 1 aliphatic heterocycles. The van der Waals surface area contributed by atoms with Gasteiger partial charge in [0.1, 0.15) is 5.54 Å². The number of nitrogens with two attached hydrogens (primary N) is 1. The molecule has 1 aromatic carbocycles. The second-order valence-electron chi connectivity index (χ2n) is 6.36. The zero-order chi connectivity index (χ0) is 15.9. The largest absolute Gasteiger partial charge is 0.349 e. The molecule has 2 atom stereocenters. The Balaban J connectivity index is 1.66. The minimum absolute atomic E-state index is 0.134. The molecule has 2 fully saturated rings. The van der Waals surface area contributed by atoms with Crippen LogP contribution in [-0.4, -0.2) is 35.3 Å². The van der Waals surface area contributed by atoms with Gasteiger partial charge in [0.05, 0.1) is 6.04 Å². The van der Waals surface area contributed by atoms with Crippen LogP contribution in [0.5, 0.6) is 0 Å². The fourth-order valence-electron chi connectivity index (χ4n) is 2.83. The highest BCUT2D eigenvalue weighted by atomic mass is 79.9. The molecule has 1 saturated heterocycles. The quantitative estimate of drug-likeness (QED) is 0.848. The van der Waals surface area contributed by atoms with Crippen LogP contribution in [0.3, 0.4) is 0 Å². The number of carbonyl (C=O) groups excluding carboxylic acids is 2. The molecule has 2 amide bonds. The molecule has 3 N–H and O–H groups in total. The van der Waals surface area contributed by atoms with E-state index in [1.165, 1.54) is 0 Å². The average Bonchev–Trinajstić information content (AvgIpc) is 3.24. The summed E-state index contributed by atoms with van der Waals surface area (Å²) in [4.78, 5) is 26.4. The number of halogens is 1. The van der Waals surface area contributed by atoms with Crippen molar-refractivity contribution in [2.75, 3.05) is 6.54 Å². The van der Waals surface area contributed by atoms with Gasteiger partial charge in [0, 0.05) is 23.5 Å². The summed E-state index contributed by atoms with van der Waals surface area (Å²) in [6, 6.07) is 7.65. The smallest absolute Gasteiger partial charge is 0.244 e. The van der Waals surface area contributed by atoms with Crippen molar-refractivity contribution in [3.63, 3.8) is 0 Å². The van der Waals surface area contributed by atoms with E-state index in [9.17, 15) is 9.59 Å². The van der Waals surface area contributed by atoms with E-state index >= 15 is 0 Å². The second kappa shape index (κ2) is 5.66. The first-order chi connectivity index (χ1) is 10.4. The highest BCUT2D eigenvalue weighted by Crippen LogP contribution is 2.31. The number of rotatable bonds is 4. The zero-order valence-corrected chi connectivity index (χ0v) is 14.1. The SMILES string of the molecule is CC(N)(C(=O)NC1CC(=O)N(C2CC2)C1)c1ccc(Br)cc1. The lowest BCUT2D eigenvalue weighted by Crippen LogP contribution is -2.52. The molecule has 5 nitrogen and oxygen atoms in total. The highest BCUT2D eigenvalue weighted by molar-refractivity contribution is 9.10. The molecule has 1 aromatic rings. The highest BCUT2D eigenvalue weighted by Gasteiger charge is 2.41. The van der Waals surface area contributed by atoms with Crippen LogP contribution < -0.4 is 11.1 Å². The van der Waals surface area contributed by atoms with Gasteiger partial charge in [-0.1, -0.05) is 28.1 Å². The third kappa shape index (κ3) is 3.03. The lowest BCUT2D eigenvalue weighted by molar-refractivity contribution is -0.128. The van der Waals surface area contributed by atoms with Crippen LogP contribution in [0.4, 0.5) is 0 Å². The fraction of sp³-hybridized carbons (Fsp3) is 0.500. The molecule has 3 rings (SSSR count). The van der Waals surface area contributed by atoms with Crippen LogP contribution in [0.1, 0.15) is 31.7 Å². The number of hydrogen-bond acceptors (Lipinski definition) is 3. The lowest BCUT2D eigenvalue weighted by atomic mass is 9.92. The summed E-state index contributed by atoms with van der Waals surface area (Å²) in [6.07, 6.45) is 2.54. The van der Waals surface area contributed by atoms with Crippen molar-refractivity contribution in [1.29, 1.82) is 0 Å². The van der Waals surface area contributed by atoms with Crippen molar-refractivity contribution in [1.82, 2.24) is 10.2 Å². The number of hydrogen-bond donors (Lipinski definition) is 2. The number of nitrogens with zero attached hydrogens (tertiary/aromatic N) is 1. The number of nitrogens with one attached hydrogen (secondary N) is 1. The van der Waals surface area contributed by atoms with Crippen molar-refractivity contribution >= 4 is 27.7 Å². The molecule has 1 heterocycles. The van der Waals surface area contributed by atoms with E-state index in [-0.39, 0.29) is 17.9 Å². The summed E-state index contributed by atoms with van der Waals surface area (Å²) >= 11 is 3.37. The third-order valence-corrected chi connectivity index (χ3v) is 4.93. The summed E-state index contributed by atoms with van der Waals surface area (Å²) in [7, 11) is 0. The molecule has 0 spiro atoms. The van der Waals surface area contributed by atoms with E-state index in [4.69, 9.17) is 5.73 Å². The van der Waals surface area contributed by atoms with Gasteiger partial charge < -0.3 is 16.0 Å². The molecule has 1 aliphatic carbocycles. The Hall–Kier alpha value is -1.40. The first-order valence-corrected chi connectivity index (χ1v) is 8.32. The van der Waals surface area contributed by atoms with Gasteiger partial charge in [0.2, 0.25) is 11.8 Å². The van der Waals surface area contributed by atoms with Gasteiger partial charge in [0.15, 0.2) is 0 Å². The van der Waals surface area contributed by atoms with Crippen LogP contribution >= 0.6 is 15.9 Å². The first kappa shape index (κ1) is 15.5.